The lowest BCUT2D eigenvalue weighted by Crippen LogP contribution is -2.30. The largest absolute Gasteiger partial charge is 0.472 e. The average Bonchev–Trinajstić information content (AvgIpc) is 2.66. The summed E-state index contributed by atoms with van der Waals surface area (Å²) < 4.78 is 60.9. The van der Waals surface area contributed by atoms with Gasteiger partial charge >= 0.3 is 33.6 Å². The Morgan fingerprint density at radius 1 is 0.312 bits per heavy atom. The smallest absolute Gasteiger partial charge is 0.463 e. The predicted octanol–water partition coefficient (Wildman–Crippen LogP) is 20.4. The normalized spacial score (nSPS) is 14.8. The Kier molecular flexibility index (Phi) is 65.4. The maximum atomic E-state index is 12.9. The summed E-state index contributed by atoms with van der Waals surface area (Å²) >= 11 is 0. The fraction of sp³-hybridized carbons (Fsp3) is 0.720. The van der Waals surface area contributed by atoms with E-state index >= 15 is 0 Å². The summed E-state index contributed by atoms with van der Waals surface area (Å²) in [4.78, 5) is 58.4. The van der Waals surface area contributed by atoms with E-state index in [0.717, 1.165) is 135 Å². The van der Waals surface area contributed by atoms with Crippen LogP contribution in [0.3, 0.4) is 0 Å². The minimum absolute atomic E-state index is 0.0876. The minimum atomic E-state index is -4.93. The standard InChI is InChI=1S/C75H130O16P2/c1-4-7-10-13-16-19-22-25-27-29-30-31-32-33-34-35-36-37-38-40-42-44-46-49-52-55-58-61-73(78)85-64-70(76)65-87-92(81,82)88-66-71(77)67-89-93(83,84)90-69-72(91-75(80)63-60-57-54-51-48-43-24-21-18-15-12-9-6-3)68-86-74(79)62-59-56-53-50-47-45-41-39-28-26-23-20-17-14-11-8-5-2/h8,11,16-17,19-21,24-28,30-31,33-34,41,45,70-72,76-77H,4-7,9-10,12-15,18,22-23,29,32,35-40,42-44,46-69H2,1-3H3,(H,81,82)(H,83,84)/b11-8-,19-16-,20-17-,24-21-,27-25-,28-26-,31-30-,34-33-,45-41-. The molecule has 0 aliphatic heterocycles. The van der Waals surface area contributed by atoms with E-state index in [0.29, 0.717) is 19.3 Å². The van der Waals surface area contributed by atoms with Gasteiger partial charge in [-0.1, -0.05) is 252 Å². The molecule has 5 atom stereocenters. The molecule has 18 heteroatoms. The van der Waals surface area contributed by atoms with Crippen molar-refractivity contribution in [2.75, 3.05) is 39.6 Å². The lowest BCUT2D eigenvalue weighted by molar-refractivity contribution is -0.161. The van der Waals surface area contributed by atoms with E-state index in [9.17, 15) is 43.5 Å². The summed E-state index contributed by atoms with van der Waals surface area (Å²) in [6.45, 7) is 2.48. The highest BCUT2D eigenvalue weighted by atomic mass is 31.2. The lowest BCUT2D eigenvalue weighted by Gasteiger charge is -2.21. The highest BCUT2D eigenvalue weighted by Crippen LogP contribution is 2.45. The van der Waals surface area contributed by atoms with Gasteiger partial charge in [0.05, 0.1) is 26.4 Å². The molecule has 0 aliphatic carbocycles. The number of phosphoric acid groups is 2. The maximum Gasteiger partial charge on any atom is 0.472 e. The Labute approximate surface area is 564 Å². The van der Waals surface area contributed by atoms with Crippen LogP contribution < -0.4 is 0 Å². The van der Waals surface area contributed by atoms with Gasteiger partial charge in [-0.2, -0.15) is 0 Å². The van der Waals surface area contributed by atoms with Gasteiger partial charge in [0.15, 0.2) is 6.10 Å². The molecule has 0 amide bonds. The summed E-state index contributed by atoms with van der Waals surface area (Å²) in [5.41, 5.74) is 0. The summed E-state index contributed by atoms with van der Waals surface area (Å²) in [6, 6.07) is 0. The highest BCUT2D eigenvalue weighted by Gasteiger charge is 2.29. The zero-order chi connectivity index (χ0) is 68.1. The summed E-state index contributed by atoms with van der Waals surface area (Å²) in [7, 11) is -9.79. The number of allylic oxidation sites excluding steroid dienone is 18. The zero-order valence-corrected chi connectivity index (χ0v) is 59.9. The van der Waals surface area contributed by atoms with Gasteiger partial charge in [-0.25, -0.2) is 9.13 Å². The van der Waals surface area contributed by atoms with Crippen LogP contribution in [-0.4, -0.2) is 95.9 Å². The van der Waals surface area contributed by atoms with E-state index in [1.807, 2.05) is 0 Å². The third-order valence-corrected chi connectivity index (χ3v) is 16.9. The average molecular weight is 1350 g/mol. The van der Waals surface area contributed by atoms with Gasteiger partial charge in [0.25, 0.3) is 0 Å². The molecule has 536 valence electrons. The molecular weight excluding hydrogens is 1220 g/mol. The van der Waals surface area contributed by atoms with Crippen molar-refractivity contribution < 1.29 is 75.8 Å². The van der Waals surface area contributed by atoms with Gasteiger partial charge in [-0.05, 0) is 128 Å². The molecule has 0 spiro atoms. The number of carbonyl (C=O) groups excluding carboxylic acids is 3. The lowest BCUT2D eigenvalue weighted by atomic mass is 10.0. The maximum absolute atomic E-state index is 12.9. The van der Waals surface area contributed by atoms with Crippen molar-refractivity contribution in [1.29, 1.82) is 0 Å². The fourth-order valence-electron chi connectivity index (χ4n) is 9.42. The van der Waals surface area contributed by atoms with Gasteiger partial charge in [0.2, 0.25) is 0 Å². The van der Waals surface area contributed by atoms with Crippen LogP contribution in [0.2, 0.25) is 0 Å². The van der Waals surface area contributed by atoms with Gasteiger partial charge in [0.1, 0.15) is 25.4 Å². The Morgan fingerprint density at radius 3 is 0.935 bits per heavy atom. The quantitative estimate of drug-likeness (QED) is 0.0146. The van der Waals surface area contributed by atoms with Crippen molar-refractivity contribution in [2.45, 2.75) is 309 Å². The first-order valence-corrected chi connectivity index (χ1v) is 39.2. The second-order valence-electron chi connectivity index (χ2n) is 24.0. The van der Waals surface area contributed by atoms with E-state index < -0.39 is 91.5 Å². The van der Waals surface area contributed by atoms with E-state index in [4.69, 9.17) is 32.3 Å². The van der Waals surface area contributed by atoms with Crippen LogP contribution in [0.1, 0.15) is 290 Å². The predicted molar refractivity (Wildman–Crippen MR) is 380 cm³/mol. The summed E-state index contributed by atoms with van der Waals surface area (Å²) in [6.07, 6.45) is 77.2. The number of carbonyl (C=O) groups is 3. The molecule has 0 bridgehead atoms. The van der Waals surface area contributed by atoms with Crippen molar-refractivity contribution in [3.8, 4) is 0 Å². The van der Waals surface area contributed by atoms with E-state index in [2.05, 4.69) is 130 Å². The molecular formula is C75H130O16P2. The van der Waals surface area contributed by atoms with Crippen molar-refractivity contribution >= 4 is 33.6 Å². The topological polar surface area (TPSA) is 231 Å². The Balaban J connectivity index is 4.53. The van der Waals surface area contributed by atoms with E-state index in [1.54, 1.807) is 0 Å². The molecule has 0 aromatic carbocycles. The molecule has 16 nitrogen and oxygen atoms in total. The first-order valence-electron chi connectivity index (χ1n) is 36.2. The molecule has 4 N–H and O–H groups in total. The number of ether oxygens (including phenoxy) is 3. The van der Waals surface area contributed by atoms with Crippen molar-refractivity contribution in [3.63, 3.8) is 0 Å². The molecule has 0 aromatic rings. The van der Waals surface area contributed by atoms with Crippen LogP contribution in [0.4, 0.5) is 0 Å². The first kappa shape index (κ1) is 89.2. The van der Waals surface area contributed by atoms with Gasteiger partial charge < -0.3 is 34.2 Å². The monoisotopic (exact) mass is 1350 g/mol. The molecule has 0 saturated carbocycles. The minimum Gasteiger partial charge on any atom is -0.463 e. The molecule has 0 radical (unpaired) electrons. The van der Waals surface area contributed by atoms with Gasteiger partial charge in [-0.3, -0.25) is 32.5 Å². The number of aliphatic hydroxyl groups excluding tert-OH is 2. The number of rotatable bonds is 68. The third kappa shape index (κ3) is 69.4. The van der Waals surface area contributed by atoms with E-state index in [1.165, 1.54) is 96.3 Å². The fourth-order valence-corrected chi connectivity index (χ4v) is 11.0. The highest BCUT2D eigenvalue weighted by molar-refractivity contribution is 7.47. The number of aliphatic hydroxyl groups is 2. The second kappa shape index (κ2) is 68.2. The SMILES string of the molecule is CC/C=C\C/C=C\C/C=C\C/C=C\CCCCCCC(=O)OCC(COP(=O)(O)OCC(O)COP(=O)(O)OCC(O)COC(=O)CCCCCCCCCCCCC/C=C\C/C=C\C/C=C\C/C=C\CCCCC)OC(=O)CCCCCCC/C=C\CCCCCC. The molecule has 0 fully saturated rings. The molecule has 0 saturated heterocycles. The number of unbranched alkanes of at least 4 members (excludes halogenated alkanes) is 27. The zero-order valence-electron chi connectivity index (χ0n) is 58.1. The molecule has 5 unspecified atom stereocenters. The molecule has 0 rings (SSSR count). The van der Waals surface area contributed by atoms with Gasteiger partial charge in [-0.15, -0.1) is 0 Å². The van der Waals surface area contributed by atoms with Crippen LogP contribution in [0.5, 0.6) is 0 Å². The van der Waals surface area contributed by atoms with Crippen molar-refractivity contribution in [2.24, 2.45) is 0 Å². The number of hydrogen-bond acceptors (Lipinski definition) is 14. The molecule has 0 heterocycles. The van der Waals surface area contributed by atoms with Crippen LogP contribution in [0, 0.1) is 0 Å². The summed E-state index contributed by atoms with van der Waals surface area (Å²) in [5, 5.41) is 20.6. The van der Waals surface area contributed by atoms with Crippen LogP contribution in [-0.2, 0) is 55.8 Å². The summed E-state index contributed by atoms with van der Waals surface area (Å²) in [5.74, 6) is -1.61. The Hall–Kier alpha value is -3.79. The van der Waals surface area contributed by atoms with E-state index in [-0.39, 0.29) is 19.3 Å². The number of hydrogen-bond donors (Lipinski definition) is 4. The van der Waals surface area contributed by atoms with Crippen molar-refractivity contribution in [1.82, 2.24) is 0 Å². The van der Waals surface area contributed by atoms with Crippen LogP contribution in [0.15, 0.2) is 109 Å². The number of phosphoric ester groups is 2. The Bertz CT molecular complexity index is 2130. The first-order chi connectivity index (χ1) is 45.2. The van der Waals surface area contributed by atoms with Crippen LogP contribution >= 0.6 is 15.6 Å². The molecule has 0 aromatic heterocycles. The number of esters is 3. The Morgan fingerprint density at radius 2 is 0.570 bits per heavy atom. The van der Waals surface area contributed by atoms with Crippen molar-refractivity contribution in [3.05, 3.63) is 109 Å². The van der Waals surface area contributed by atoms with Crippen LogP contribution in [0.25, 0.3) is 0 Å². The second-order valence-corrected chi connectivity index (χ2v) is 26.9. The van der Waals surface area contributed by atoms with Gasteiger partial charge in [0, 0.05) is 19.3 Å². The molecule has 93 heavy (non-hydrogen) atoms. The molecule has 0 aliphatic rings. The third-order valence-electron chi connectivity index (χ3n) is 15.0.